The second kappa shape index (κ2) is 4.00. The second-order valence-corrected chi connectivity index (χ2v) is 5.56. The summed E-state index contributed by atoms with van der Waals surface area (Å²) in [5, 5.41) is 2.57. The van der Waals surface area contributed by atoms with Gasteiger partial charge >= 0.3 is 0 Å². The average molecular weight is 229 g/mol. The molecule has 2 aromatic carbocycles. The van der Waals surface area contributed by atoms with Crippen molar-refractivity contribution < 1.29 is 9.68 Å². The fraction of sp³-hybridized carbons (Fsp3) is 0. The van der Waals surface area contributed by atoms with Crippen molar-refractivity contribution in [3.8, 4) is 11.5 Å². The molecule has 0 saturated carbocycles. The van der Waals surface area contributed by atoms with Crippen molar-refractivity contribution in [2.75, 3.05) is 0 Å². The van der Waals surface area contributed by atoms with Crippen LogP contribution >= 0.6 is 0 Å². The molecule has 0 unspecified atom stereocenters. The van der Waals surface area contributed by atoms with E-state index in [1.54, 1.807) is 0 Å². The summed E-state index contributed by atoms with van der Waals surface area (Å²) >= 11 is 0. The van der Waals surface area contributed by atoms with Gasteiger partial charge in [0.15, 0.2) is 0 Å². The van der Waals surface area contributed by atoms with Gasteiger partial charge in [0.05, 0.1) is 9.52 Å². The van der Waals surface area contributed by atoms with Crippen LogP contribution in [0.5, 0.6) is 11.5 Å². The number of rotatable bonds is 0. The first-order chi connectivity index (χ1) is 7.93. The van der Waals surface area contributed by atoms with Gasteiger partial charge < -0.3 is 9.68 Å². The largest absolute Gasteiger partial charge is 0.374 e. The summed E-state index contributed by atoms with van der Waals surface area (Å²) in [6.07, 6.45) is 0. The van der Waals surface area contributed by atoms with E-state index < -0.39 is 9.52 Å². The Labute approximate surface area is 95.7 Å². The lowest BCUT2D eigenvalue weighted by molar-refractivity contribution is -0.0180. The van der Waals surface area contributed by atoms with Crippen LogP contribution in [0.3, 0.4) is 0 Å². The van der Waals surface area contributed by atoms with Crippen molar-refractivity contribution in [2.45, 2.75) is 0 Å². The summed E-state index contributed by atoms with van der Waals surface area (Å²) in [7, 11) is -0.542. The molecule has 0 atom stereocenters. The van der Waals surface area contributed by atoms with Crippen LogP contribution in [0.15, 0.2) is 48.5 Å². The third-order valence-electron chi connectivity index (χ3n) is 2.63. The molecular weight excluding hydrogens is 218 g/mol. The Morgan fingerprint density at radius 3 is 1.81 bits per heavy atom. The van der Waals surface area contributed by atoms with Crippen LogP contribution in [-0.2, 0) is 0 Å². The monoisotopic (exact) mass is 229 g/mol. The van der Waals surface area contributed by atoms with E-state index in [9.17, 15) is 0 Å². The molecule has 1 heterocycles. The fourth-order valence-electron chi connectivity index (χ4n) is 1.81. The molecule has 1 N–H and O–H groups in total. The molecule has 0 saturated heterocycles. The number of benzene rings is 2. The Balaban J connectivity index is 2.06. The highest BCUT2D eigenvalue weighted by Gasteiger charge is 2.12. The van der Waals surface area contributed by atoms with Gasteiger partial charge in [-0.1, -0.05) is 36.4 Å². The number of hydrogen-bond donors (Lipinski definition) is 1. The molecule has 2 aromatic rings. The van der Waals surface area contributed by atoms with Crippen molar-refractivity contribution in [3.05, 3.63) is 48.5 Å². The maximum atomic E-state index is 5.35. The molecule has 3 rings (SSSR count). The van der Waals surface area contributed by atoms with Crippen molar-refractivity contribution in [1.82, 2.24) is 5.64 Å². The molecule has 0 amide bonds. The van der Waals surface area contributed by atoms with E-state index in [1.165, 1.54) is 10.4 Å². The van der Waals surface area contributed by atoms with Gasteiger partial charge in [0.2, 0.25) is 0 Å². The van der Waals surface area contributed by atoms with E-state index >= 15 is 0 Å². The zero-order chi connectivity index (χ0) is 10.8. The smallest absolute Gasteiger partial charge is 0.150 e. The zero-order valence-corrected chi connectivity index (χ0v) is 10.1. The molecule has 3 nitrogen and oxygen atoms in total. The van der Waals surface area contributed by atoms with Gasteiger partial charge in [0, 0.05) is 5.64 Å². The standard InChI is InChI=1S/C12H11NO2Si/c1-3-7-11-9(5-1)14-13-15-10-6-2-4-8-12(10)16-11/h1-8,13H,16H2. The maximum Gasteiger partial charge on any atom is 0.150 e. The van der Waals surface area contributed by atoms with E-state index in [0.29, 0.717) is 0 Å². The molecule has 0 fully saturated rings. The topological polar surface area (TPSA) is 30.5 Å². The molecule has 16 heavy (non-hydrogen) atoms. The summed E-state index contributed by atoms with van der Waals surface area (Å²) in [6, 6.07) is 16.1. The summed E-state index contributed by atoms with van der Waals surface area (Å²) in [5.41, 5.74) is 2.52. The SMILES string of the molecule is c1ccc2c(c1)ONOc1ccccc1[SiH2]2. The van der Waals surface area contributed by atoms with Gasteiger partial charge in [-0.05, 0) is 22.5 Å². The van der Waals surface area contributed by atoms with E-state index in [1.807, 2.05) is 36.4 Å². The predicted molar refractivity (Wildman–Crippen MR) is 65.1 cm³/mol. The Kier molecular flexibility index (Phi) is 2.36. The minimum atomic E-state index is -0.542. The Hall–Kier alpha value is -1.78. The van der Waals surface area contributed by atoms with Gasteiger partial charge in [-0.3, -0.25) is 0 Å². The first-order valence-electron chi connectivity index (χ1n) is 5.18. The second-order valence-electron chi connectivity index (χ2n) is 3.68. The molecular formula is C12H11NO2Si. The third-order valence-corrected chi connectivity index (χ3v) is 4.56. The van der Waals surface area contributed by atoms with Gasteiger partial charge in [-0.2, -0.15) is 0 Å². The minimum absolute atomic E-state index is 0.542. The average Bonchev–Trinajstić information content (AvgIpc) is 2.29. The molecule has 0 aromatic heterocycles. The fourth-order valence-corrected chi connectivity index (χ4v) is 3.46. The Morgan fingerprint density at radius 1 is 0.750 bits per heavy atom. The molecule has 4 heteroatoms. The minimum Gasteiger partial charge on any atom is -0.374 e. The summed E-state index contributed by atoms with van der Waals surface area (Å²) in [5.74, 6) is 1.73. The first kappa shape index (κ1) is 9.44. The van der Waals surface area contributed by atoms with Gasteiger partial charge in [-0.15, -0.1) is 0 Å². The van der Waals surface area contributed by atoms with E-state index in [-0.39, 0.29) is 0 Å². The van der Waals surface area contributed by atoms with Crippen LogP contribution in [-0.4, -0.2) is 9.52 Å². The van der Waals surface area contributed by atoms with Gasteiger partial charge in [-0.25, -0.2) is 0 Å². The lowest BCUT2D eigenvalue weighted by Crippen LogP contribution is -2.37. The molecule has 80 valence electrons. The number of hydrogen-bond acceptors (Lipinski definition) is 3. The number of nitrogens with one attached hydrogen (secondary N) is 1. The zero-order valence-electron chi connectivity index (χ0n) is 8.64. The molecule has 0 aliphatic carbocycles. The van der Waals surface area contributed by atoms with Gasteiger partial charge in [0.25, 0.3) is 0 Å². The Morgan fingerprint density at radius 2 is 1.25 bits per heavy atom. The van der Waals surface area contributed by atoms with Crippen molar-refractivity contribution in [2.24, 2.45) is 0 Å². The van der Waals surface area contributed by atoms with Crippen LogP contribution in [0.25, 0.3) is 0 Å². The van der Waals surface area contributed by atoms with E-state index in [4.69, 9.17) is 9.68 Å². The highest BCUT2D eigenvalue weighted by molar-refractivity contribution is 6.69. The number of para-hydroxylation sites is 2. The quantitative estimate of drug-likeness (QED) is 0.645. The van der Waals surface area contributed by atoms with Gasteiger partial charge in [0.1, 0.15) is 11.5 Å². The van der Waals surface area contributed by atoms with Crippen molar-refractivity contribution in [3.63, 3.8) is 0 Å². The van der Waals surface area contributed by atoms with Crippen LogP contribution in [0.1, 0.15) is 0 Å². The molecule has 0 radical (unpaired) electrons. The van der Waals surface area contributed by atoms with Crippen LogP contribution in [0.2, 0.25) is 0 Å². The number of fused-ring (bicyclic) bond motifs is 2. The van der Waals surface area contributed by atoms with E-state index in [2.05, 4.69) is 17.8 Å². The molecule has 0 spiro atoms. The summed E-state index contributed by atoms with van der Waals surface area (Å²) < 4.78 is 0. The summed E-state index contributed by atoms with van der Waals surface area (Å²) in [6.45, 7) is 0. The lowest BCUT2D eigenvalue weighted by atomic mass is 10.3. The third kappa shape index (κ3) is 1.68. The van der Waals surface area contributed by atoms with Crippen LogP contribution in [0.4, 0.5) is 0 Å². The summed E-state index contributed by atoms with van der Waals surface area (Å²) in [4.78, 5) is 10.7. The molecule has 1 aliphatic heterocycles. The maximum absolute atomic E-state index is 5.35. The first-order valence-corrected chi connectivity index (χ1v) is 6.59. The predicted octanol–water partition coefficient (Wildman–Crippen LogP) is -0.00300. The normalized spacial score (nSPS) is 13.5. The van der Waals surface area contributed by atoms with E-state index in [0.717, 1.165) is 11.5 Å². The van der Waals surface area contributed by atoms with Crippen LogP contribution < -0.4 is 25.7 Å². The highest BCUT2D eigenvalue weighted by Crippen LogP contribution is 2.10. The molecule has 1 aliphatic rings. The molecule has 0 bridgehead atoms. The Bertz CT molecular complexity index is 470. The van der Waals surface area contributed by atoms with Crippen LogP contribution in [0, 0.1) is 0 Å². The van der Waals surface area contributed by atoms with Crippen molar-refractivity contribution >= 4 is 19.9 Å². The highest BCUT2D eigenvalue weighted by atomic mass is 28.2. The lowest BCUT2D eigenvalue weighted by Gasteiger charge is -2.17. The van der Waals surface area contributed by atoms with Crippen molar-refractivity contribution in [1.29, 1.82) is 0 Å².